The van der Waals surface area contributed by atoms with Crippen LogP contribution in [0.1, 0.15) is 49.4 Å². The molecule has 0 spiro atoms. The smallest absolute Gasteiger partial charge is 0.234 e. The highest BCUT2D eigenvalue weighted by Gasteiger charge is 2.43. The number of nitrogens with two attached hydrogens (primary N) is 1. The molecular formula is C14H22N4O3. The Morgan fingerprint density at radius 2 is 2.10 bits per heavy atom. The van der Waals surface area contributed by atoms with Gasteiger partial charge in [-0.05, 0) is 26.7 Å². The van der Waals surface area contributed by atoms with Crippen LogP contribution < -0.4 is 11.1 Å². The number of hydrogen-bond donors (Lipinski definition) is 3. The van der Waals surface area contributed by atoms with E-state index in [0.717, 1.165) is 30.7 Å². The molecule has 0 bridgehead atoms. The Bertz CT molecular complexity index is 525. The number of carbonyl (C=O) groups is 1. The van der Waals surface area contributed by atoms with Gasteiger partial charge in [-0.2, -0.15) is 0 Å². The van der Waals surface area contributed by atoms with E-state index in [2.05, 4.69) is 15.5 Å². The van der Waals surface area contributed by atoms with Gasteiger partial charge in [0, 0.05) is 0 Å². The summed E-state index contributed by atoms with van der Waals surface area (Å²) in [6, 6.07) is 0. The Balaban J connectivity index is 2.08. The predicted octanol–water partition coefficient (Wildman–Crippen LogP) is 1.60. The predicted molar refractivity (Wildman–Crippen MR) is 76.8 cm³/mol. The van der Waals surface area contributed by atoms with Crippen molar-refractivity contribution < 1.29 is 14.4 Å². The van der Waals surface area contributed by atoms with Crippen LogP contribution in [-0.2, 0) is 11.3 Å². The van der Waals surface area contributed by atoms with Crippen LogP contribution in [-0.4, -0.2) is 21.9 Å². The van der Waals surface area contributed by atoms with Gasteiger partial charge in [0.05, 0.1) is 12.2 Å². The van der Waals surface area contributed by atoms with Crippen LogP contribution in [0.15, 0.2) is 9.57 Å². The summed E-state index contributed by atoms with van der Waals surface area (Å²) in [5.41, 5.74) is 5.68. The Morgan fingerprint density at radius 3 is 2.62 bits per heavy atom. The standard InChI is InChI=1S/C14H22N4O3/c1-9-10(2)21-11(17-9)8-16-13(19)14(12(15)18-20)6-4-3-5-7-14/h20H,3-8H2,1-2H3,(H2,15,18)(H,16,19). The molecule has 0 atom stereocenters. The van der Waals surface area contributed by atoms with Gasteiger partial charge in [0.25, 0.3) is 0 Å². The molecule has 0 saturated heterocycles. The zero-order valence-electron chi connectivity index (χ0n) is 12.5. The van der Waals surface area contributed by atoms with Gasteiger partial charge in [-0.25, -0.2) is 4.98 Å². The molecule has 7 nitrogen and oxygen atoms in total. The van der Waals surface area contributed by atoms with Crippen molar-refractivity contribution in [3.05, 3.63) is 17.3 Å². The average molecular weight is 294 g/mol. The number of rotatable bonds is 4. The number of amidine groups is 1. The fourth-order valence-corrected chi connectivity index (χ4v) is 2.79. The van der Waals surface area contributed by atoms with Crippen LogP contribution in [0.4, 0.5) is 0 Å². The largest absolute Gasteiger partial charge is 0.444 e. The summed E-state index contributed by atoms with van der Waals surface area (Å²) < 4.78 is 5.44. The highest BCUT2D eigenvalue weighted by molar-refractivity contribution is 6.06. The number of oxazole rings is 1. The van der Waals surface area contributed by atoms with Crippen molar-refractivity contribution in [3.63, 3.8) is 0 Å². The molecular weight excluding hydrogens is 272 g/mol. The molecule has 7 heteroatoms. The van der Waals surface area contributed by atoms with Gasteiger partial charge in [0.2, 0.25) is 11.8 Å². The third-order valence-electron chi connectivity index (χ3n) is 4.21. The molecule has 1 saturated carbocycles. The topological polar surface area (TPSA) is 114 Å². The lowest BCUT2D eigenvalue weighted by atomic mass is 9.72. The normalized spacial score (nSPS) is 18.5. The molecule has 0 unspecified atom stereocenters. The fourth-order valence-electron chi connectivity index (χ4n) is 2.79. The zero-order valence-corrected chi connectivity index (χ0v) is 12.5. The Labute approximate surface area is 123 Å². The number of carbonyl (C=O) groups excluding carboxylic acids is 1. The molecule has 1 heterocycles. The maximum atomic E-state index is 12.5. The monoisotopic (exact) mass is 294 g/mol. The van der Waals surface area contributed by atoms with Crippen molar-refractivity contribution in [1.29, 1.82) is 0 Å². The first kappa shape index (κ1) is 15.3. The molecule has 1 aromatic rings. The average Bonchev–Trinajstić information content (AvgIpc) is 2.83. The number of nitrogens with zero attached hydrogens (tertiary/aromatic N) is 2. The van der Waals surface area contributed by atoms with Gasteiger partial charge in [-0.15, -0.1) is 0 Å². The molecule has 4 N–H and O–H groups in total. The van der Waals surface area contributed by atoms with Gasteiger partial charge < -0.3 is 20.7 Å². The van der Waals surface area contributed by atoms with E-state index in [1.165, 1.54) is 0 Å². The van der Waals surface area contributed by atoms with Crippen LogP contribution in [0, 0.1) is 19.3 Å². The first-order valence-corrected chi connectivity index (χ1v) is 7.19. The van der Waals surface area contributed by atoms with Crippen molar-refractivity contribution in [2.75, 3.05) is 0 Å². The second-order valence-electron chi connectivity index (χ2n) is 5.56. The molecule has 0 aromatic carbocycles. The van der Waals surface area contributed by atoms with E-state index in [1.54, 1.807) is 0 Å². The zero-order chi connectivity index (χ0) is 15.5. The molecule has 1 fully saturated rings. The van der Waals surface area contributed by atoms with E-state index in [9.17, 15) is 4.79 Å². The molecule has 1 aliphatic carbocycles. The molecule has 1 amide bonds. The number of nitrogens with one attached hydrogen (secondary N) is 1. The maximum Gasteiger partial charge on any atom is 0.234 e. The minimum Gasteiger partial charge on any atom is -0.444 e. The quantitative estimate of drug-likeness (QED) is 0.338. The van der Waals surface area contributed by atoms with E-state index < -0.39 is 5.41 Å². The number of hydrogen-bond acceptors (Lipinski definition) is 5. The number of oxime groups is 1. The second kappa shape index (κ2) is 6.15. The van der Waals surface area contributed by atoms with E-state index in [-0.39, 0.29) is 18.3 Å². The lowest BCUT2D eigenvalue weighted by Crippen LogP contribution is -2.50. The second-order valence-corrected chi connectivity index (χ2v) is 5.56. The van der Waals surface area contributed by atoms with Gasteiger partial charge in [0.15, 0.2) is 5.84 Å². The number of amides is 1. The summed E-state index contributed by atoms with van der Waals surface area (Å²) in [6.07, 6.45) is 4.03. The Morgan fingerprint density at radius 1 is 1.43 bits per heavy atom. The maximum absolute atomic E-state index is 12.5. The first-order valence-electron chi connectivity index (χ1n) is 7.19. The molecule has 1 aliphatic rings. The first-order chi connectivity index (χ1) is 9.99. The van der Waals surface area contributed by atoms with E-state index >= 15 is 0 Å². The number of aromatic nitrogens is 1. The van der Waals surface area contributed by atoms with Gasteiger partial charge >= 0.3 is 0 Å². The van der Waals surface area contributed by atoms with E-state index in [4.69, 9.17) is 15.4 Å². The summed E-state index contributed by atoms with van der Waals surface area (Å²) in [5.74, 6) is 0.956. The molecule has 1 aromatic heterocycles. The molecule has 21 heavy (non-hydrogen) atoms. The lowest BCUT2D eigenvalue weighted by molar-refractivity contribution is -0.129. The molecule has 2 rings (SSSR count). The summed E-state index contributed by atoms with van der Waals surface area (Å²) in [5, 5.41) is 14.8. The third kappa shape index (κ3) is 3.01. The minimum absolute atomic E-state index is 0.0144. The van der Waals surface area contributed by atoms with Crippen molar-refractivity contribution in [3.8, 4) is 0 Å². The van der Waals surface area contributed by atoms with Crippen molar-refractivity contribution in [2.24, 2.45) is 16.3 Å². The SMILES string of the molecule is Cc1nc(CNC(=O)C2(C(N)=NO)CCCCC2)oc1C. The van der Waals surface area contributed by atoms with Gasteiger partial charge in [0.1, 0.15) is 11.2 Å². The van der Waals surface area contributed by atoms with Crippen LogP contribution in [0.2, 0.25) is 0 Å². The van der Waals surface area contributed by atoms with Gasteiger partial charge in [-0.1, -0.05) is 24.4 Å². The molecule has 0 radical (unpaired) electrons. The van der Waals surface area contributed by atoms with Crippen LogP contribution in [0.3, 0.4) is 0 Å². The summed E-state index contributed by atoms with van der Waals surface area (Å²) in [6.45, 7) is 3.88. The number of aryl methyl sites for hydroxylation is 2. The summed E-state index contributed by atoms with van der Waals surface area (Å²) in [7, 11) is 0. The van der Waals surface area contributed by atoms with Crippen molar-refractivity contribution >= 4 is 11.7 Å². The van der Waals surface area contributed by atoms with Crippen molar-refractivity contribution in [1.82, 2.24) is 10.3 Å². The van der Waals surface area contributed by atoms with E-state index in [0.29, 0.717) is 18.7 Å². The van der Waals surface area contributed by atoms with Crippen LogP contribution >= 0.6 is 0 Å². The molecule has 116 valence electrons. The van der Waals surface area contributed by atoms with Crippen LogP contribution in [0.5, 0.6) is 0 Å². The Kier molecular flexibility index (Phi) is 4.50. The highest BCUT2D eigenvalue weighted by atomic mass is 16.4. The van der Waals surface area contributed by atoms with Crippen LogP contribution in [0.25, 0.3) is 0 Å². The summed E-state index contributed by atoms with van der Waals surface area (Å²) in [4.78, 5) is 16.8. The minimum atomic E-state index is -0.913. The van der Waals surface area contributed by atoms with E-state index in [1.807, 2.05) is 13.8 Å². The lowest BCUT2D eigenvalue weighted by Gasteiger charge is -2.34. The Hall–Kier alpha value is -2.05. The third-order valence-corrected chi connectivity index (χ3v) is 4.21. The van der Waals surface area contributed by atoms with Gasteiger partial charge in [-0.3, -0.25) is 4.79 Å². The highest BCUT2D eigenvalue weighted by Crippen LogP contribution is 2.36. The van der Waals surface area contributed by atoms with Crippen molar-refractivity contribution in [2.45, 2.75) is 52.5 Å². The molecule has 0 aliphatic heterocycles. The fraction of sp³-hybridized carbons (Fsp3) is 0.643. The summed E-state index contributed by atoms with van der Waals surface area (Å²) >= 11 is 0.